The zero-order valence-corrected chi connectivity index (χ0v) is 91.6. The fraction of sp³-hybridized carbons (Fsp3) is 0.435. The molecule has 50 nitrogen and oxygen atoms in total. The Kier molecular flexibility index (Phi) is 48.3. The second-order valence-corrected chi connectivity index (χ2v) is 43.2. The number of phenolic OH excluding ortho intramolecular Hbond substituents is 1. The van der Waals surface area contributed by atoms with E-state index in [2.05, 4.69) is 102 Å². The number of hydrogen-bond acceptors (Lipinski definition) is 52. The topological polar surface area (TPSA) is 668 Å². The number of carbonyl (C=O) groups excluding carboxylic acids is 3. The van der Waals surface area contributed by atoms with Crippen LogP contribution in [0.1, 0.15) is 224 Å². The highest BCUT2D eigenvalue weighted by Gasteiger charge is 2.49. The highest BCUT2D eigenvalue weighted by Crippen LogP contribution is 2.47. The number of phenols is 1. The molecule has 2 aromatic carbocycles. The number of aromatic hydroxyl groups is 1. The van der Waals surface area contributed by atoms with E-state index >= 15 is 0 Å². The van der Waals surface area contributed by atoms with Crippen molar-refractivity contribution in [2.24, 2.45) is 5.92 Å². The Morgan fingerprint density at radius 3 is 1.25 bits per heavy atom. The Labute approximate surface area is 887 Å². The molecule has 64 heteroatoms. The molecular weight excluding hydrogens is 2190 g/mol. The Morgan fingerprint density at radius 2 is 0.839 bits per heavy atom. The number of nitrogens with zero attached hydrogens (tertiary/aromatic N) is 18. The molecule has 11 heterocycles. The van der Waals surface area contributed by atoms with Crippen molar-refractivity contribution in [1.82, 2.24) is 44.9 Å². The summed E-state index contributed by atoms with van der Waals surface area (Å²) in [6, 6.07) is 14.0. The second kappa shape index (κ2) is 58.2. The number of fused-ring (bicyclic) bond motifs is 1. The van der Waals surface area contributed by atoms with E-state index in [9.17, 15) is 124 Å². The van der Waals surface area contributed by atoms with Crippen molar-refractivity contribution >= 4 is 152 Å². The quantitative estimate of drug-likeness (QED) is 0.0211. The van der Waals surface area contributed by atoms with Gasteiger partial charge in [0.25, 0.3) is 51.9 Å². The van der Waals surface area contributed by atoms with Gasteiger partial charge < -0.3 is 43.7 Å². The molecule has 13 aromatic rings. The van der Waals surface area contributed by atoms with Crippen LogP contribution in [-0.2, 0) is 92.8 Å². The highest BCUT2D eigenvalue weighted by atomic mass is 32.1. The van der Waals surface area contributed by atoms with Crippen molar-refractivity contribution in [3.8, 4) is 16.2 Å². The number of carbonyl (C=O) groups is 3. The lowest BCUT2D eigenvalue weighted by Gasteiger charge is -2.31. The lowest BCUT2D eigenvalue weighted by Crippen LogP contribution is -2.38. The lowest BCUT2D eigenvalue weighted by molar-refractivity contribution is -0.792. The second-order valence-electron chi connectivity index (χ2n) is 31.0. The molecule has 11 aromatic heterocycles. The van der Waals surface area contributed by atoms with Crippen LogP contribution in [0.3, 0.4) is 0 Å². The van der Waals surface area contributed by atoms with Gasteiger partial charge in [0, 0.05) is 107 Å². The van der Waals surface area contributed by atoms with E-state index in [1.54, 1.807) is 75.7 Å². The molecule has 3 unspecified atom stereocenters. The van der Waals surface area contributed by atoms with Crippen molar-refractivity contribution in [1.29, 1.82) is 0 Å². The molecule has 13 rings (SSSR count). The third-order valence-corrected chi connectivity index (χ3v) is 32.8. The number of thiazole rings is 9. The maximum atomic E-state index is 12.4. The van der Waals surface area contributed by atoms with Crippen LogP contribution in [0.15, 0.2) is 59.3 Å². The molecule has 1 N–H and O–H groups in total. The van der Waals surface area contributed by atoms with E-state index in [-0.39, 0.29) is 68.0 Å². The molecule has 0 aliphatic rings. The van der Waals surface area contributed by atoms with Crippen molar-refractivity contribution in [3.05, 3.63) is 307 Å². The fourth-order valence-corrected chi connectivity index (χ4v) is 23.6. The van der Waals surface area contributed by atoms with Crippen LogP contribution in [0, 0.1) is 194 Å². The Bertz CT molecular complexity index is 6670. The molecule has 0 aliphatic heterocycles. The average molecular weight is 2290 g/mol. The molecule has 3 atom stereocenters. The Hall–Kier alpha value is -13.9. The summed E-state index contributed by atoms with van der Waals surface area (Å²) in [7, 11) is 1.60. The van der Waals surface area contributed by atoms with Gasteiger partial charge in [-0.2, -0.15) is 24.5 Å². The van der Waals surface area contributed by atoms with Crippen molar-refractivity contribution in [3.63, 3.8) is 0 Å². The number of alkyl halides is 3. The minimum atomic E-state index is -4.86. The predicted octanol–water partition coefficient (Wildman–Crippen LogP) is 20.6. The van der Waals surface area contributed by atoms with Gasteiger partial charge in [-0.05, 0) is 172 Å². The number of halogens is 3. The summed E-state index contributed by atoms with van der Waals surface area (Å²) < 4.78 is 43.1. The molecule has 0 fully saturated rings. The maximum Gasteiger partial charge on any atom is 0.421 e. The molecule has 0 aliphatic carbocycles. The standard InChI is InChI=1S/C17H14N2O7S.C14H19N3O3S2.C12H13N3O4S2.C12H14N2O3S2.C8H12N2O4S.C8H10N2O4S.C7H7F3N2O3S.C7H8N2O4S/c1-10-2-7-13-15(8-10)27-17(11-3-5-12(20)6-4-11)16(13)14(26-19(23)24)9-25-18(21)22;1-7(2)14(20-17(18)19,12-15-8(3)10(5)21-12)13-16-9(4)11(6)22-13;1-6-8(3)20-11(13-6)10(16)12-14-7(2)9(21-12)4-5-19-15(17)18;1-8(10-4-6-18-7-10)12-13-9(2)11(19-12)3-5-17-14(15)16;1-6-7(3-4-14-10(11)12)15-8(9-6)5-13-2;1-5-7(3-4-14-10(12)13)15-8(9-5)6(2)11;1-3-4(2)16-6(11-3)5(7(8,9)10)15-12(13)14;1-4-6(3-13-9(11)12)14-7(8-4)5(2)10/h2-8,14,20H,9H2,1H3;7H,1-6H3;4-5H2,1-3H3;4,6-8H,3,5H2,1-2H3;3-5H2,1-2H3;3-4H2,1-2H3;5H,1-2H3;3H2,1-2H3. The van der Waals surface area contributed by atoms with Crippen molar-refractivity contribution in [2.45, 2.75) is 200 Å². The molecule has 149 heavy (non-hydrogen) atoms. The first-order valence-corrected chi connectivity index (χ1v) is 52.1. The van der Waals surface area contributed by atoms with Gasteiger partial charge in [0.1, 0.15) is 70.4 Å². The van der Waals surface area contributed by atoms with E-state index in [4.69, 9.17) is 14.4 Å². The largest absolute Gasteiger partial charge is 0.508 e. The number of benzene rings is 2. The summed E-state index contributed by atoms with van der Waals surface area (Å²) in [4.78, 5) is 213. The van der Waals surface area contributed by atoms with E-state index in [1.165, 1.54) is 118 Å². The highest BCUT2D eigenvalue weighted by molar-refractivity contribution is 7.22. The summed E-state index contributed by atoms with van der Waals surface area (Å²) >= 11 is 14.7. The SMILES string of the molecule is CC(=O)c1nc(C)c(CCO[N+](=O)[O-])s1.CC(=O)c1nc(C)c(CO[N+](=O)[O-])s1.COCc1nc(C)c(CCO[N+](=O)[O-])s1.Cc1ccc2c(C(CO[N+](=O)[O-])O[N+](=O)[O-])c(-c3ccc(O)cc3)sc2c1.Cc1nc(C(=O)c2nc(C)c(CCO[N+](=O)[O-])s2)sc1C.Cc1nc(C(C)c2ccsc2)sc1CCO[N+](=O)[O-].Cc1nc(C(O[N+](=O)[O-])(c2nc(C)c(C)s2)C(C)C)sc1C.Cc1nc(C(O[N+](=O)[O-])C(F)(F)F)sc1C. The number of aromatic nitrogens is 9. The molecule has 0 radical (unpaired) electrons. The summed E-state index contributed by atoms with van der Waals surface area (Å²) in [6.07, 6.45) is -6.96. The molecule has 0 bridgehead atoms. The van der Waals surface area contributed by atoms with Gasteiger partial charge in [-0.25, -0.2) is 44.9 Å². The minimum Gasteiger partial charge on any atom is -0.508 e. The van der Waals surface area contributed by atoms with Crippen molar-refractivity contribution < 1.29 is 127 Å². The number of ether oxygens (including phenoxy) is 1. The zero-order chi connectivity index (χ0) is 112. The average Bonchev–Trinajstić information content (AvgIpc) is 1.62. The zero-order valence-electron chi connectivity index (χ0n) is 82.6. The fourth-order valence-electron chi connectivity index (χ4n) is 12.2. The first kappa shape index (κ1) is 124. The summed E-state index contributed by atoms with van der Waals surface area (Å²) in [5.74, 6) is -0.291. The maximum absolute atomic E-state index is 12.4. The number of thiophene rings is 2. The summed E-state index contributed by atoms with van der Waals surface area (Å²) in [5, 5.41) is 103. The minimum absolute atomic E-state index is 0.00657. The monoisotopic (exact) mass is 2290 g/mol. The van der Waals surface area contributed by atoms with Crippen LogP contribution in [0.25, 0.3) is 20.5 Å². The normalized spacial score (nSPS) is 11.4. The van der Waals surface area contributed by atoms with Crippen LogP contribution < -0.4 is 0 Å². The number of methoxy groups -OCH3 is 1. The van der Waals surface area contributed by atoms with Gasteiger partial charge >= 0.3 is 6.18 Å². The van der Waals surface area contributed by atoms with Crippen LogP contribution in [0.5, 0.6) is 5.75 Å². The van der Waals surface area contributed by atoms with Crippen LogP contribution in [-0.4, -0.2) is 159 Å². The molecule has 0 saturated heterocycles. The molecule has 0 spiro atoms. The van der Waals surface area contributed by atoms with Crippen LogP contribution >= 0.6 is 125 Å². The predicted molar refractivity (Wildman–Crippen MR) is 543 cm³/mol. The van der Waals surface area contributed by atoms with E-state index in [0.717, 1.165) is 111 Å². The van der Waals surface area contributed by atoms with Gasteiger partial charge in [-0.1, -0.05) is 32.9 Å². The van der Waals surface area contributed by atoms with Crippen molar-refractivity contribution in [2.75, 3.05) is 40.1 Å². The first-order valence-electron chi connectivity index (χ1n) is 43.0. The first-order chi connectivity index (χ1) is 69.8. The van der Waals surface area contributed by atoms with E-state index in [1.807, 2.05) is 88.3 Å². The number of rotatable bonds is 42. The summed E-state index contributed by atoms with van der Waals surface area (Å²) in [6.45, 7) is 34.1. The third-order valence-electron chi connectivity index (χ3n) is 20.0. The van der Waals surface area contributed by atoms with E-state index < -0.39 is 81.4 Å². The molecule has 0 amide bonds. The number of hydrogen-bond donors (Lipinski definition) is 1. The third kappa shape index (κ3) is 38.7. The van der Waals surface area contributed by atoms with E-state index in [0.29, 0.717) is 111 Å². The van der Waals surface area contributed by atoms with Gasteiger partial charge in [-0.3, -0.25) is 24.1 Å². The van der Waals surface area contributed by atoms with Gasteiger partial charge in [-0.15, -0.1) is 204 Å². The molecule has 806 valence electrons. The number of Topliss-reactive ketones (excluding diaryl/α,β-unsaturated/α-hetero) is 2. The lowest BCUT2D eigenvalue weighted by atomic mass is 9.91. The molecule has 0 saturated carbocycles. The Morgan fingerprint density at radius 1 is 0.423 bits per heavy atom. The van der Waals surface area contributed by atoms with Gasteiger partial charge in [0.2, 0.25) is 11.4 Å². The Balaban J connectivity index is 0.000000262. The van der Waals surface area contributed by atoms with Gasteiger partial charge in [0.05, 0.1) is 62.7 Å². The van der Waals surface area contributed by atoms with Gasteiger partial charge in [0.15, 0.2) is 37.7 Å². The van der Waals surface area contributed by atoms with Crippen LogP contribution in [0.4, 0.5) is 13.2 Å². The summed E-state index contributed by atoms with van der Waals surface area (Å²) in [5.41, 5.74) is 8.96. The van der Waals surface area contributed by atoms with Crippen LogP contribution in [0.2, 0.25) is 0 Å². The smallest absolute Gasteiger partial charge is 0.421 e. The molecular formula is C85H97F3N18O32S11. The number of aryl methyl sites for hydroxylation is 14. The number of ketones is 3.